The van der Waals surface area contributed by atoms with E-state index in [0.29, 0.717) is 0 Å². The molecule has 0 bridgehead atoms. The van der Waals surface area contributed by atoms with Crippen LogP contribution in [0, 0.1) is 37.1 Å². The number of carbonyl (C=O) groups is 1. The zero-order valence-electron chi connectivity index (χ0n) is 10.6. The molecule has 1 nitrogen and oxygen atoms in total. The molecule has 0 spiro atoms. The zero-order chi connectivity index (χ0) is 13.6. The van der Waals surface area contributed by atoms with Crippen LogP contribution in [0.25, 0.3) is 0 Å². The van der Waals surface area contributed by atoms with Gasteiger partial charge in [-0.1, -0.05) is 13.3 Å². The van der Waals surface area contributed by atoms with Crippen LogP contribution in [0.2, 0.25) is 0 Å². The Kier molecular flexibility index (Phi) is 9.97. The van der Waals surface area contributed by atoms with Gasteiger partial charge < -0.3 is 6.92 Å². The fourth-order valence-electron chi connectivity index (χ4n) is 0.877. The fraction of sp³-hybridized carbons (Fsp3) is 0.333. The van der Waals surface area contributed by atoms with Crippen molar-refractivity contribution < 1.29 is 41.2 Å². The smallest absolute Gasteiger partial charge is 0.343 e. The van der Waals surface area contributed by atoms with E-state index in [1.54, 1.807) is 0 Å². The van der Waals surface area contributed by atoms with Gasteiger partial charge in [-0.2, -0.15) is 6.42 Å². The second-order valence-corrected chi connectivity index (χ2v) is 3.27. The summed E-state index contributed by atoms with van der Waals surface area (Å²) in [4.78, 5) is 10.1. The summed E-state index contributed by atoms with van der Waals surface area (Å²) < 4.78 is 50.6. The zero-order valence-corrected chi connectivity index (χ0v) is 10.6. The van der Waals surface area contributed by atoms with Gasteiger partial charge in [0.1, 0.15) is 5.82 Å². The van der Waals surface area contributed by atoms with Crippen molar-refractivity contribution >= 4 is 6.29 Å². The minimum atomic E-state index is -1.83. The van der Waals surface area contributed by atoms with Crippen molar-refractivity contribution in [3.05, 3.63) is 41.3 Å². The van der Waals surface area contributed by atoms with Crippen LogP contribution >= 0.6 is 0 Å². The molecular formula is C12H13F4LiO. The summed E-state index contributed by atoms with van der Waals surface area (Å²) >= 11 is 0. The van der Waals surface area contributed by atoms with E-state index in [0.717, 1.165) is 13.3 Å². The standard InChI is InChI=1S/C8H4F4O.C4H9.Li/c1-3-5(9)4(2-13)7(11)8(12)6(3)10;1-3-4-2;/h2H,1H3;1,3-4H2,2H3;/q;-1;+1. The minimum absolute atomic E-state index is 0. The molecule has 0 N–H and O–H groups in total. The Labute approximate surface area is 116 Å². The molecule has 96 valence electrons. The van der Waals surface area contributed by atoms with Crippen LogP contribution in [0.4, 0.5) is 17.6 Å². The van der Waals surface area contributed by atoms with Gasteiger partial charge in [0, 0.05) is 5.56 Å². The maximum atomic E-state index is 12.8. The Morgan fingerprint density at radius 3 is 1.83 bits per heavy atom. The molecule has 0 saturated carbocycles. The Bertz CT molecular complexity index is 377. The van der Waals surface area contributed by atoms with Gasteiger partial charge in [-0.25, -0.2) is 17.6 Å². The van der Waals surface area contributed by atoms with Crippen LogP contribution in [0.15, 0.2) is 0 Å². The van der Waals surface area contributed by atoms with Gasteiger partial charge in [-0.15, -0.1) is 0 Å². The van der Waals surface area contributed by atoms with E-state index in [4.69, 9.17) is 0 Å². The predicted molar refractivity (Wildman–Crippen MR) is 56.7 cm³/mol. The number of aldehydes is 1. The van der Waals surface area contributed by atoms with E-state index in [1.165, 1.54) is 6.42 Å². The minimum Gasteiger partial charge on any atom is -0.343 e. The number of hydrogen-bond acceptors (Lipinski definition) is 1. The molecule has 0 heterocycles. The number of hydrogen-bond donors (Lipinski definition) is 0. The summed E-state index contributed by atoms with van der Waals surface area (Å²) in [5, 5.41) is 0. The molecule has 0 amide bonds. The third-order valence-electron chi connectivity index (χ3n) is 1.99. The Morgan fingerprint density at radius 1 is 1.06 bits per heavy atom. The Balaban J connectivity index is 0. The molecule has 0 aliphatic carbocycles. The number of halogens is 4. The van der Waals surface area contributed by atoms with Crippen molar-refractivity contribution in [1.29, 1.82) is 0 Å². The van der Waals surface area contributed by atoms with Gasteiger partial charge in [0.05, 0.1) is 5.56 Å². The van der Waals surface area contributed by atoms with Crippen LogP contribution in [0.3, 0.4) is 0 Å². The molecule has 1 rings (SSSR count). The maximum absolute atomic E-state index is 12.8. The molecule has 1 aromatic carbocycles. The molecule has 0 aliphatic rings. The van der Waals surface area contributed by atoms with Gasteiger partial charge in [-0.05, 0) is 6.92 Å². The second-order valence-electron chi connectivity index (χ2n) is 3.27. The van der Waals surface area contributed by atoms with Crippen LogP contribution < -0.4 is 18.9 Å². The monoisotopic (exact) mass is 256 g/mol. The maximum Gasteiger partial charge on any atom is 1.00 e. The van der Waals surface area contributed by atoms with Crippen LogP contribution in [0.5, 0.6) is 0 Å². The van der Waals surface area contributed by atoms with Crippen LogP contribution in [0.1, 0.15) is 35.7 Å². The number of benzene rings is 1. The van der Waals surface area contributed by atoms with Crippen LogP contribution in [-0.2, 0) is 0 Å². The Hall–Kier alpha value is -0.793. The predicted octanol–water partition coefficient (Wildman–Crippen LogP) is 0.989. The molecule has 0 fully saturated rings. The number of carbonyl (C=O) groups excluding carboxylic acids is 1. The normalized spacial score (nSPS) is 9.06. The molecule has 1 aromatic rings. The van der Waals surface area contributed by atoms with Gasteiger partial charge in [0.15, 0.2) is 23.7 Å². The first kappa shape index (κ1) is 19.5. The van der Waals surface area contributed by atoms with Crippen molar-refractivity contribution in [1.82, 2.24) is 0 Å². The summed E-state index contributed by atoms with van der Waals surface area (Å²) in [5.41, 5.74) is -1.79. The first-order valence-corrected chi connectivity index (χ1v) is 4.99. The Morgan fingerprint density at radius 2 is 1.50 bits per heavy atom. The average molecular weight is 256 g/mol. The van der Waals surface area contributed by atoms with E-state index in [1.807, 2.05) is 0 Å². The summed E-state index contributed by atoms with van der Waals surface area (Å²) in [6, 6.07) is 0. The van der Waals surface area contributed by atoms with Gasteiger partial charge in [-0.3, -0.25) is 4.79 Å². The molecule has 0 unspecified atom stereocenters. The van der Waals surface area contributed by atoms with Gasteiger partial charge >= 0.3 is 18.9 Å². The number of rotatable bonds is 2. The first-order valence-electron chi connectivity index (χ1n) is 4.99. The van der Waals surface area contributed by atoms with E-state index in [2.05, 4.69) is 13.8 Å². The molecular weight excluding hydrogens is 243 g/mol. The largest absolute Gasteiger partial charge is 1.00 e. The SMILES string of the molecule is Cc1c(F)c(F)c(F)c(C=O)c1F.[CH2-]CCC.[Li+]. The number of unbranched alkanes of at least 4 members (excludes halogenated alkanes) is 1. The topological polar surface area (TPSA) is 17.1 Å². The van der Waals surface area contributed by atoms with Crippen LogP contribution in [-0.4, -0.2) is 6.29 Å². The van der Waals surface area contributed by atoms with Gasteiger partial charge in [0.2, 0.25) is 0 Å². The first-order chi connectivity index (χ1) is 7.92. The third kappa shape index (κ3) is 4.47. The van der Waals surface area contributed by atoms with E-state index >= 15 is 0 Å². The molecule has 6 heteroatoms. The molecule has 0 radical (unpaired) electrons. The van der Waals surface area contributed by atoms with E-state index in [-0.39, 0.29) is 25.1 Å². The molecule has 0 aromatic heterocycles. The van der Waals surface area contributed by atoms with Gasteiger partial charge in [0.25, 0.3) is 0 Å². The summed E-state index contributed by atoms with van der Waals surface area (Å²) in [6.07, 6.45) is 2.08. The van der Waals surface area contributed by atoms with Crippen molar-refractivity contribution in [2.75, 3.05) is 0 Å². The summed E-state index contributed by atoms with van der Waals surface area (Å²) in [7, 11) is 0. The third-order valence-corrected chi connectivity index (χ3v) is 1.99. The summed E-state index contributed by atoms with van der Waals surface area (Å²) in [6.45, 7) is 6.64. The molecule has 0 aliphatic heterocycles. The van der Waals surface area contributed by atoms with Crippen molar-refractivity contribution in [3.8, 4) is 0 Å². The van der Waals surface area contributed by atoms with Crippen molar-refractivity contribution in [2.24, 2.45) is 0 Å². The summed E-state index contributed by atoms with van der Waals surface area (Å²) in [5.74, 6) is -6.61. The van der Waals surface area contributed by atoms with E-state index < -0.39 is 34.4 Å². The molecule has 0 saturated heterocycles. The molecule has 0 atom stereocenters. The molecule has 18 heavy (non-hydrogen) atoms. The van der Waals surface area contributed by atoms with E-state index in [9.17, 15) is 22.4 Å². The second kappa shape index (κ2) is 9.18. The quantitative estimate of drug-likeness (QED) is 0.192. The fourth-order valence-corrected chi connectivity index (χ4v) is 0.877. The van der Waals surface area contributed by atoms with Crippen molar-refractivity contribution in [3.63, 3.8) is 0 Å². The average Bonchev–Trinajstić information content (AvgIpc) is 2.35. The van der Waals surface area contributed by atoms with Crippen molar-refractivity contribution in [2.45, 2.75) is 26.7 Å².